The molecule has 2 aliphatic heterocycles. The maximum absolute atomic E-state index is 12.3. The van der Waals surface area contributed by atoms with E-state index in [4.69, 9.17) is 9.73 Å². The first-order valence-corrected chi connectivity index (χ1v) is 10.7. The lowest BCUT2D eigenvalue weighted by atomic mass is 10.0. The lowest BCUT2D eigenvalue weighted by Crippen LogP contribution is -2.41. The van der Waals surface area contributed by atoms with Gasteiger partial charge < -0.3 is 19.9 Å². The van der Waals surface area contributed by atoms with Crippen LogP contribution in [0, 0.1) is 0 Å². The zero-order valence-corrected chi connectivity index (χ0v) is 20.5. The molecule has 0 saturated carbocycles. The molecule has 1 N–H and O–H groups in total. The number of nitrogens with one attached hydrogen (secondary N) is 1. The van der Waals surface area contributed by atoms with Gasteiger partial charge in [-0.05, 0) is 37.5 Å². The molecule has 4 rings (SSSR count). The number of nitrogens with zero attached hydrogens (tertiary/aromatic N) is 5. The van der Waals surface area contributed by atoms with Crippen LogP contribution in [0.3, 0.4) is 0 Å². The largest absolute Gasteiger partial charge is 0.482 e. The SMILES string of the molecule is CCNC(=NCCCN1C(=O)COc2ccccc21)N1CCC(c2cnn(C)c2)C1.I. The molecular formula is C22H31IN6O2. The fourth-order valence-electron chi connectivity index (χ4n) is 4.11. The van der Waals surface area contributed by atoms with Crippen LogP contribution in [0.15, 0.2) is 41.7 Å². The Balaban J connectivity index is 0.00000272. The fraction of sp³-hybridized carbons (Fsp3) is 0.500. The minimum Gasteiger partial charge on any atom is -0.482 e. The van der Waals surface area contributed by atoms with E-state index in [-0.39, 0.29) is 36.5 Å². The standard InChI is InChI=1S/C22H30N6O2.HI/c1-3-23-22(27-12-9-17(15-27)18-13-25-26(2)14-18)24-10-6-11-28-19-7-4-5-8-20(19)30-16-21(28)29;/h4-5,7-8,13-14,17H,3,6,9-12,15-16H2,1-2H3,(H,23,24);1H. The number of hydrogen-bond donors (Lipinski definition) is 1. The first-order chi connectivity index (χ1) is 14.7. The number of hydrogen-bond acceptors (Lipinski definition) is 4. The van der Waals surface area contributed by atoms with Crippen molar-refractivity contribution in [1.82, 2.24) is 20.0 Å². The van der Waals surface area contributed by atoms with Crippen molar-refractivity contribution >= 4 is 41.5 Å². The van der Waals surface area contributed by atoms with Crippen LogP contribution in [0.25, 0.3) is 0 Å². The Morgan fingerprint density at radius 1 is 1.35 bits per heavy atom. The van der Waals surface area contributed by atoms with Gasteiger partial charge in [0.1, 0.15) is 5.75 Å². The number of rotatable bonds is 6. The predicted molar refractivity (Wildman–Crippen MR) is 132 cm³/mol. The minimum absolute atomic E-state index is 0. The molecule has 1 saturated heterocycles. The number of benzene rings is 1. The molecule has 8 nitrogen and oxygen atoms in total. The second-order valence-electron chi connectivity index (χ2n) is 7.77. The number of para-hydroxylation sites is 2. The van der Waals surface area contributed by atoms with Crippen molar-refractivity contribution in [3.05, 3.63) is 42.2 Å². The van der Waals surface area contributed by atoms with Gasteiger partial charge in [0.25, 0.3) is 5.91 Å². The highest BCUT2D eigenvalue weighted by Gasteiger charge is 2.27. The van der Waals surface area contributed by atoms with Crippen LogP contribution in [0.2, 0.25) is 0 Å². The van der Waals surface area contributed by atoms with Crippen molar-refractivity contribution in [3.8, 4) is 5.75 Å². The summed E-state index contributed by atoms with van der Waals surface area (Å²) in [6.45, 7) is 6.28. The molecule has 3 heterocycles. The Morgan fingerprint density at radius 3 is 2.97 bits per heavy atom. The zero-order valence-electron chi connectivity index (χ0n) is 18.2. The number of anilines is 1. The van der Waals surface area contributed by atoms with Gasteiger partial charge in [0.2, 0.25) is 0 Å². The second kappa shape index (κ2) is 10.8. The molecule has 0 aliphatic carbocycles. The molecule has 1 atom stereocenters. The van der Waals surface area contributed by atoms with Crippen molar-refractivity contribution in [2.75, 3.05) is 44.2 Å². The van der Waals surface area contributed by atoms with E-state index in [0.29, 0.717) is 19.0 Å². The molecule has 0 radical (unpaired) electrons. The quantitative estimate of drug-likeness (QED) is 0.265. The molecule has 31 heavy (non-hydrogen) atoms. The summed E-state index contributed by atoms with van der Waals surface area (Å²) in [6, 6.07) is 7.70. The maximum Gasteiger partial charge on any atom is 0.265 e. The number of likely N-dealkylation sites (tertiary alicyclic amines) is 1. The van der Waals surface area contributed by atoms with E-state index in [1.165, 1.54) is 5.56 Å². The minimum atomic E-state index is 0. The molecule has 1 fully saturated rings. The van der Waals surface area contributed by atoms with Gasteiger partial charge in [0, 0.05) is 51.9 Å². The van der Waals surface area contributed by atoms with Crippen LogP contribution in [0.5, 0.6) is 5.75 Å². The van der Waals surface area contributed by atoms with E-state index in [1.807, 2.05) is 47.1 Å². The molecule has 0 spiro atoms. The third-order valence-corrected chi connectivity index (χ3v) is 5.63. The van der Waals surface area contributed by atoms with E-state index < -0.39 is 0 Å². The Morgan fingerprint density at radius 2 is 2.19 bits per heavy atom. The van der Waals surface area contributed by atoms with Gasteiger partial charge in [-0.3, -0.25) is 14.5 Å². The van der Waals surface area contributed by atoms with Crippen LogP contribution in [-0.4, -0.2) is 65.9 Å². The van der Waals surface area contributed by atoms with E-state index in [2.05, 4.69) is 28.4 Å². The van der Waals surface area contributed by atoms with Gasteiger partial charge in [-0.2, -0.15) is 5.10 Å². The number of amides is 1. The normalized spacial score (nSPS) is 18.5. The average molecular weight is 538 g/mol. The van der Waals surface area contributed by atoms with Crippen molar-refractivity contribution in [2.24, 2.45) is 12.0 Å². The molecule has 0 bridgehead atoms. The summed E-state index contributed by atoms with van der Waals surface area (Å²) >= 11 is 0. The van der Waals surface area contributed by atoms with Gasteiger partial charge in [-0.15, -0.1) is 24.0 Å². The van der Waals surface area contributed by atoms with Crippen molar-refractivity contribution in [3.63, 3.8) is 0 Å². The molecule has 1 aromatic carbocycles. The smallest absolute Gasteiger partial charge is 0.265 e. The fourth-order valence-corrected chi connectivity index (χ4v) is 4.11. The Kier molecular flexibility index (Phi) is 8.16. The number of aryl methyl sites for hydroxylation is 1. The van der Waals surface area contributed by atoms with Gasteiger partial charge in [-0.25, -0.2) is 0 Å². The number of fused-ring (bicyclic) bond motifs is 1. The molecule has 1 unspecified atom stereocenters. The van der Waals surface area contributed by atoms with Gasteiger partial charge >= 0.3 is 0 Å². The number of halogens is 1. The molecule has 1 aromatic heterocycles. The maximum atomic E-state index is 12.3. The number of carbonyl (C=O) groups is 1. The zero-order chi connectivity index (χ0) is 20.9. The van der Waals surface area contributed by atoms with Crippen molar-refractivity contribution < 1.29 is 9.53 Å². The second-order valence-corrected chi connectivity index (χ2v) is 7.77. The first-order valence-electron chi connectivity index (χ1n) is 10.7. The van der Waals surface area contributed by atoms with Crippen molar-refractivity contribution in [2.45, 2.75) is 25.7 Å². The molecular weight excluding hydrogens is 507 g/mol. The topological polar surface area (TPSA) is 75.0 Å². The Hall–Kier alpha value is -2.30. The van der Waals surface area contributed by atoms with Crippen LogP contribution >= 0.6 is 24.0 Å². The third kappa shape index (κ3) is 5.50. The highest BCUT2D eigenvalue weighted by atomic mass is 127. The highest BCUT2D eigenvalue weighted by molar-refractivity contribution is 14.0. The number of carbonyl (C=O) groups excluding carboxylic acids is 1. The first kappa shape index (κ1) is 23.4. The summed E-state index contributed by atoms with van der Waals surface area (Å²) in [5.74, 6) is 2.22. The average Bonchev–Trinajstić information content (AvgIpc) is 3.41. The van der Waals surface area contributed by atoms with E-state index in [9.17, 15) is 4.79 Å². The summed E-state index contributed by atoms with van der Waals surface area (Å²) in [5.41, 5.74) is 2.14. The summed E-state index contributed by atoms with van der Waals surface area (Å²) in [4.78, 5) is 21.3. The molecule has 168 valence electrons. The number of aromatic nitrogens is 2. The van der Waals surface area contributed by atoms with E-state index >= 15 is 0 Å². The summed E-state index contributed by atoms with van der Waals surface area (Å²) in [5, 5.41) is 7.73. The summed E-state index contributed by atoms with van der Waals surface area (Å²) in [6.07, 6.45) is 5.98. The van der Waals surface area contributed by atoms with Crippen LogP contribution in [0.1, 0.15) is 31.2 Å². The van der Waals surface area contributed by atoms with Crippen LogP contribution in [0.4, 0.5) is 5.69 Å². The van der Waals surface area contributed by atoms with Gasteiger partial charge in [-0.1, -0.05) is 12.1 Å². The monoisotopic (exact) mass is 538 g/mol. The molecule has 1 amide bonds. The summed E-state index contributed by atoms with van der Waals surface area (Å²) < 4.78 is 7.38. The lowest BCUT2D eigenvalue weighted by molar-refractivity contribution is -0.121. The molecule has 2 aliphatic rings. The van der Waals surface area contributed by atoms with E-state index in [1.54, 1.807) is 0 Å². The number of ether oxygens (including phenoxy) is 1. The number of guanidine groups is 1. The third-order valence-electron chi connectivity index (χ3n) is 5.63. The van der Waals surface area contributed by atoms with Gasteiger partial charge in [0.05, 0.1) is 11.9 Å². The number of aliphatic imine (C=N–C) groups is 1. The predicted octanol–water partition coefficient (Wildman–Crippen LogP) is 2.61. The van der Waals surface area contributed by atoms with E-state index in [0.717, 1.165) is 49.9 Å². The highest BCUT2D eigenvalue weighted by Crippen LogP contribution is 2.31. The van der Waals surface area contributed by atoms with Crippen molar-refractivity contribution in [1.29, 1.82) is 0 Å². The summed E-state index contributed by atoms with van der Waals surface area (Å²) in [7, 11) is 1.96. The Labute approximate surface area is 200 Å². The van der Waals surface area contributed by atoms with Gasteiger partial charge in [0.15, 0.2) is 12.6 Å². The van der Waals surface area contributed by atoms with Crippen LogP contribution in [-0.2, 0) is 11.8 Å². The molecule has 9 heteroatoms. The Bertz CT molecular complexity index is 915. The lowest BCUT2D eigenvalue weighted by Gasteiger charge is -2.29. The molecule has 2 aromatic rings. The van der Waals surface area contributed by atoms with Crippen LogP contribution < -0.4 is 15.0 Å².